The third-order valence-electron chi connectivity index (χ3n) is 8.21. The number of benzene rings is 2. The van der Waals surface area contributed by atoms with Crippen molar-refractivity contribution in [2.45, 2.75) is 73.1 Å². The quantitative estimate of drug-likeness (QED) is 0.0698. The number of esters is 3. The maximum Gasteiger partial charge on any atom is 0.338 e. The fourth-order valence-electron chi connectivity index (χ4n) is 5.36. The average Bonchev–Trinajstić information content (AvgIpc) is 3.66. The fourth-order valence-corrected chi connectivity index (χ4v) is 5.36. The van der Waals surface area contributed by atoms with Crippen LogP contribution in [0.5, 0.6) is 0 Å². The number of rotatable bonds is 10. The Morgan fingerprint density at radius 2 is 1.62 bits per heavy atom. The van der Waals surface area contributed by atoms with Gasteiger partial charge in [0.1, 0.15) is 36.1 Å². The van der Waals surface area contributed by atoms with Crippen LogP contribution in [0.2, 0.25) is 0 Å². The summed E-state index contributed by atoms with van der Waals surface area (Å²) in [5.74, 6) is 4.21. The van der Waals surface area contributed by atoms with Crippen molar-refractivity contribution in [1.82, 2.24) is 19.0 Å². The molecule has 4 aromatic rings. The first-order valence-corrected chi connectivity index (χ1v) is 16.8. The number of ether oxygens (including phenoxy) is 4. The van der Waals surface area contributed by atoms with Crippen molar-refractivity contribution in [1.29, 1.82) is 0 Å². The van der Waals surface area contributed by atoms with E-state index in [2.05, 4.69) is 16.8 Å². The van der Waals surface area contributed by atoms with E-state index in [1.165, 1.54) is 6.34 Å². The molecular weight excluding hydrogens is 666 g/mol. The van der Waals surface area contributed by atoms with E-state index >= 15 is 0 Å². The molecule has 0 bridgehead atoms. The molecule has 0 aliphatic carbocycles. The Morgan fingerprint density at radius 3 is 2.19 bits per heavy atom. The first-order chi connectivity index (χ1) is 24.7. The third-order valence-corrected chi connectivity index (χ3v) is 8.21. The molecule has 13 nitrogen and oxygen atoms in total. The van der Waals surface area contributed by atoms with E-state index in [-0.39, 0.29) is 30.0 Å². The highest BCUT2D eigenvalue weighted by Crippen LogP contribution is 2.35. The maximum atomic E-state index is 14.4. The highest BCUT2D eigenvalue weighted by Gasteiger charge is 2.41. The second kappa shape index (κ2) is 15.7. The first kappa shape index (κ1) is 37.5. The van der Waals surface area contributed by atoms with E-state index in [1.807, 2.05) is 13.8 Å². The zero-order valence-corrected chi connectivity index (χ0v) is 30.6. The Kier molecular flexibility index (Phi) is 11.3. The van der Waals surface area contributed by atoms with Crippen LogP contribution in [-0.4, -0.2) is 76.2 Å². The number of nitrogens with zero attached hydrogens (tertiary/aromatic N) is 5. The van der Waals surface area contributed by atoms with E-state index in [4.69, 9.17) is 23.9 Å². The Hall–Kier alpha value is -5.74. The van der Waals surface area contributed by atoms with Crippen LogP contribution in [0.25, 0.3) is 11.0 Å². The van der Waals surface area contributed by atoms with Crippen molar-refractivity contribution < 1.29 is 33.3 Å². The summed E-state index contributed by atoms with van der Waals surface area (Å²) in [6.45, 7) is 9.93. The molecule has 272 valence electrons. The molecule has 13 heteroatoms. The first-order valence-electron chi connectivity index (χ1n) is 16.8. The van der Waals surface area contributed by atoms with Crippen molar-refractivity contribution in [3.05, 3.63) is 92.9 Å². The van der Waals surface area contributed by atoms with Crippen LogP contribution in [0.4, 0.5) is 5.95 Å². The molecule has 2 aromatic heterocycles. The minimum Gasteiger partial charge on any atom is -0.459 e. The molecular formula is C39H43N5O8. The molecule has 0 unspecified atom stereocenters. The van der Waals surface area contributed by atoms with Crippen molar-refractivity contribution >= 4 is 41.2 Å². The number of fused-ring (bicyclic) bond motifs is 1. The van der Waals surface area contributed by atoms with Crippen LogP contribution < -0.4 is 5.56 Å². The molecule has 1 saturated heterocycles. The second-order valence-electron chi connectivity index (χ2n) is 13.8. The van der Waals surface area contributed by atoms with Crippen molar-refractivity contribution in [2.24, 2.45) is 10.4 Å². The van der Waals surface area contributed by atoms with Gasteiger partial charge in [-0.2, -0.15) is 0 Å². The van der Waals surface area contributed by atoms with Gasteiger partial charge in [-0.3, -0.25) is 9.59 Å². The highest BCUT2D eigenvalue weighted by molar-refractivity contribution is 5.90. The Bertz CT molecular complexity index is 2110. The maximum absolute atomic E-state index is 14.4. The summed E-state index contributed by atoms with van der Waals surface area (Å²) in [6.07, 6.45) is 0.600. The standard InChI is InChI=1S/C39H43N5O8/c1-9-10-28-20-43(33-32(28)41-38(40-22-42(7)8)44(34(33)45)23-50-37(48)39(4,5)6)31-19-29(52-36(47)27-17-13-25(3)14-18-27)30(51-31)21-49-35(46)26-15-11-24(2)12-16-26/h11-18,20,22,29-31H,19,21,23H2,1-8H3/t29-,30+,31-/m0/s1. The molecule has 1 aliphatic heterocycles. The Balaban J connectivity index is 1.54. The number of carbonyl (C=O) groups excluding carboxylic acids is 3. The SMILES string of the molecule is CC#Cc1cn([C@@H]2C[C@H](OC(=O)c3ccc(C)cc3)[C@@H](COC(=O)c3ccc(C)cc3)O2)c2c(=O)n(COC(=O)C(C)(C)C)c(N=CN(C)C)nc12. The van der Waals surface area contributed by atoms with Gasteiger partial charge in [-0.1, -0.05) is 41.3 Å². The van der Waals surface area contributed by atoms with Crippen LogP contribution in [0.3, 0.4) is 0 Å². The molecule has 52 heavy (non-hydrogen) atoms. The van der Waals surface area contributed by atoms with Crippen molar-refractivity contribution in [2.75, 3.05) is 20.7 Å². The molecule has 0 N–H and O–H groups in total. The average molecular weight is 710 g/mol. The third kappa shape index (κ3) is 8.58. The lowest BCUT2D eigenvalue weighted by Gasteiger charge is -2.19. The van der Waals surface area contributed by atoms with Crippen LogP contribution >= 0.6 is 0 Å². The molecule has 0 radical (unpaired) electrons. The lowest BCUT2D eigenvalue weighted by Crippen LogP contribution is -2.32. The van der Waals surface area contributed by atoms with Gasteiger partial charge >= 0.3 is 17.9 Å². The van der Waals surface area contributed by atoms with Gasteiger partial charge in [-0.15, -0.1) is 5.92 Å². The Labute approximate surface area is 302 Å². The van der Waals surface area contributed by atoms with E-state index in [1.54, 1.807) is 106 Å². The Morgan fingerprint density at radius 1 is 1.00 bits per heavy atom. The van der Waals surface area contributed by atoms with Gasteiger partial charge in [-0.25, -0.2) is 24.1 Å². The highest BCUT2D eigenvalue weighted by atomic mass is 16.6. The number of aliphatic imine (C=N–C) groups is 1. The van der Waals surface area contributed by atoms with Gasteiger partial charge in [0.05, 0.1) is 28.4 Å². The summed E-state index contributed by atoms with van der Waals surface area (Å²) in [6, 6.07) is 13.9. The molecule has 3 heterocycles. The molecule has 1 fully saturated rings. The van der Waals surface area contributed by atoms with Gasteiger partial charge in [0, 0.05) is 26.7 Å². The number of hydrogen-bond donors (Lipinski definition) is 0. The molecule has 0 saturated carbocycles. The van der Waals surface area contributed by atoms with Gasteiger partial charge in [0.2, 0.25) is 5.95 Å². The zero-order valence-electron chi connectivity index (χ0n) is 30.6. The van der Waals surface area contributed by atoms with Gasteiger partial charge < -0.3 is 28.4 Å². The largest absolute Gasteiger partial charge is 0.459 e. The van der Waals surface area contributed by atoms with Crippen LogP contribution in [0.1, 0.15) is 77.8 Å². The molecule has 2 aromatic carbocycles. The number of hydrogen-bond acceptors (Lipinski definition) is 10. The molecule has 0 spiro atoms. The minimum absolute atomic E-state index is 0.00273. The predicted octanol–water partition coefficient (Wildman–Crippen LogP) is 5.32. The number of aryl methyl sites for hydroxylation is 2. The zero-order chi connectivity index (χ0) is 37.7. The van der Waals surface area contributed by atoms with Crippen LogP contribution in [0, 0.1) is 31.1 Å². The topological polar surface area (TPSA) is 144 Å². The summed E-state index contributed by atoms with van der Waals surface area (Å²) in [5.41, 5.74) is 2.10. The van der Waals surface area contributed by atoms with Gasteiger partial charge in [0.25, 0.3) is 5.56 Å². The van der Waals surface area contributed by atoms with E-state index in [0.717, 1.165) is 15.7 Å². The number of aromatic nitrogens is 3. The van der Waals surface area contributed by atoms with E-state index in [0.29, 0.717) is 16.7 Å². The van der Waals surface area contributed by atoms with Crippen LogP contribution in [0.15, 0.2) is 64.5 Å². The van der Waals surface area contributed by atoms with E-state index < -0.39 is 54.0 Å². The van der Waals surface area contributed by atoms with Crippen LogP contribution in [-0.2, 0) is 30.5 Å². The summed E-state index contributed by atoms with van der Waals surface area (Å²) >= 11 is 0. The van der Waals surface area contributed by atoms with Crippen molar-refractivity contribution in [3.63, 3.8) is 0 Å². The molecule has 0 amide bonds. The summed E-state index contributed by atoms with van der Waals surface area (Å²) in [7, 11) is 3.53. The lowest BCUT2D eigenvalue weighted by molar-refractivity contribution is -0.157. The minimum atomic E-state index is -0.890. The van der Waals surface area contributed by atoms with Gasteiger partial charge in [-0.05, 0) is 65.8 Å². The fraction of sp³-hybridized carbons (Fsp3) is 0.385. The number of carbonyl (C=O) groups is 3. The van der Waals surface area contributed by atoms with Crippen molar-refractivity contribution in [3.8, 4) is 11.8 Å². The second-order valence-corrected chi connectivity index (χ2v) is 13.8. The summed E-state index contributed by atoms with van der Waals surface area (Å²) in [5, 5.41) is 0. The van der Waals surface area contributed by atoms with E-state index in [9.17, 15) is 19.2 Å². The molecule has 5 rings (SSSR count). The molecule has 3 atom stereocenters. The molecule has 1 aliphatic rings. The predicted molar refractivity (Wildman–Crippen MR) is 194 cm³/mol. The smallest absolute Gasteiger partial charge is 0.338 e. The van der Waals surface area contributed by atoms with Gasteiger partial charge in [0.15, 0.2) is 6.73 Å². The summed E-state index contributed by atoms with van der Waals surface area (Å²) in [4.78, 5) is 64.1. The monoisotopic (exact) mass is 709 g/mol. The lowest BCUT2D eigenvalue weighted by atomic mass is 9.98. The summed E-state index contributed by atoms with van der Waals surface area (Å²) < 4.78 is 26.3. The normalized spacial score (nSPS) is 17.1.